The van der Waals surface area contributed by atoms with Crippen molar-refractivity contribution < 1.29 is 22.8 Å². The maximum absolute atomic E-state index is 11.9. The lowest BCUT2D eigenvalue weighted by atomic mass is 10.2. The van der Waals surface area contributed by atoms with E-state index in [1.165, 1.54) is 38.4 Å². The Morgan fingerprint density at radius 2 is 1.95 bits per heavy atom. The van der Waals surface area contributed by atoms with Gasteiger partial charge in [-0.05, 0) is 37.1 Å². The molecule has 0 saturated carbocycles. The Balaban J connectivity index is 1.96. The highest BCUT2D eigenvalue weighted by atomic mass is 32.2. The third-order valence-corrected chi connectivity index (χ3v) is 5.15. The van der Waals surface area contributed by atoms with E-state index >= 15 is 0 Å². The lowest BCUT2D eigenvalue weighted by Crippen LogP contribution is -2.33. The van der Waals surface area contributed by atoms with Crippen LogP contribution in [0.3, 0.4) is 0 Å². The molecule has 22 heavy (non-hydrogen) atoms. The molecule has 1 aromatic carbocycles. The lowest BCUT2D eigenvalue weighted by Gasteiger charge is -2.22. The van der Waals surface area contributed by atoms with Gasteiger partial charge in [-0.25, -0.2) is 23.0 Å². The van der Waals surface area contributed by atoms with Crippen LogP contribution in [0.4, 0.5) is 0 Å². The molecule has 0 aliphatic carbocycles. The molecule has 1 fully saturated rings. The van der Waals surface area contributed by atoms with Gasteiger partial charge >= 0.3 is 0 Å². The third kappa shape index (κ3) is 4.04. The number of hydroxylamine groups is 1. The molecule has 1 heterocycles. The Kier molecular flexibility index (Phi) is 5.52. The van der Waals surface area contributed by atoms with Crippen molar-refractivity contribution in [2.75, 3.05) is 20.7 Å². The summed E-state index contributed by atoms with van der Waals surface area (Å²) in [5, 5.41) is 0. The first kappa shape index (κ1) is 16.9. The van der Waals surface area contributed by atoms with Gasteiger partial charge in [-0.1, -0.05) is 0 Å². The number of nitrogens with one attached hydrogen (secondary N) is 1. The van der Waals surface area contributed by atoms with Crippen LogP contribution >= 0.6 is 0 Å². The van der Waals surface area contributed by atoms with Crippen LogP contribution in [0.1, 0.15) is 29.6 Å². The molecule has 8 heteroatoms. The molecule has 0 unspecified atom stereocenters. The number of hydrogen-bond donors (Lipinski definition) is 1. The predicted octanol–water partition coefficient (Wildman–Crippen LogP) is 1.12. The molecule has 1 aromatic rings. The average molecular weight is 328 g/mol. The highest BCUT2D eigenvalue weighted by molar-refractivity contribution is 7.89. The molecule has 1 N–H and O–H groups in total. The number of sulfonamides is 1. The number of amides is 1. The molecule has 1 amide bonds. The molecule has 1 aliphatic rings. The summed E-state index contributed by atoms with van der Waals surface area (Å²) in [6.07, 6.45) is 2.30. The summed E-state index contributed by atoms with van der Waals surface area (Å²) in [6.45, 7) is 0.623. The third-order valence-electron chi connectivity index (χ3n) is 3.32. The van der Waals surface area contributed by atoms with Gasteiger partial charge in [0.05, 0.1) is 4.90 Å². The summed E-state index contributed by atoms with van der Waals surface area (Å²) in [5.74, 6) is -0.442. The number of nitrogens with zero attached hydrogens (tertiary/aromatic N) is 1. The van der Waals surface area contributed by atoms with Crippen molar-refractivity contribution >= 4 is 15.9 Å². The Morgan fingerprint density at radius 3 is 2.50 bits per heavy atom. The smallest absolute Gasteiger partial charge is 0.274 e. The molecule has 0 aromatic heterocycles. The predicted molar refractivity (Wildman–Crippen MR) is 79.5 cm³/mol. The van der Waals surface area contributed by atoms with Crippen molar-refractivity contribution in [3.63, 3.8) is 0 Å². The number of ether oxygens (including phenoxy) is 1. The molecule has 1 atom stereocenters. The summed E-state index contributed by atoms with van der Waals surface area (Å²) in [4.78, 5) is 17.2. The van der Waals surface area contributed by atoms with Gasteiger partial charge < -0.3 is 4.74 Å². The van der Waals surface area contributed by atoms with E-state index in [-0.39, 0.29) is 4.90 Å². The molecule has 122 valence electrons. The molecular weight excluding hydrogens is 308 g/mol. The van der Waals surface area contributed by atoms with Crippen LogP contribution in [-0.2, 0) is 19.6 Å². The van der Waals surface area contributed by atoms with E-state index in [2.05, 4.69) is 5.48 Å². The van der Waals surface area contributed by atoms with E-state index in [0.29, 0.717) is 12.2 Å². The highest BCUT2D eigenvalue weighted by Crippen LogP contribution is 2.15. The Bertz CT molecular complexity index is 607. The fourth-order valence-electron chi connectivity index (χ4n) is 1.97. The zero-order valence-corrected chi connectivity index (χ0v) is 13.4. The Labute approximate surface area is 130 Å². The van der Waals surface area contributed by atoms with E-state index in [1.807, 2.05) is 0 Å². The summed E-state index contributed by atoms with van der Waals surface area (Å²) >= 11 is 0. The summed E-state index contributed by atoms with van der Waals surface area (Å²) < 4.78 is 30.3. The standard InChI is InChI=1S/C14H20N2O5S/c1-16(2)22(18,19)12-8-6-11(7-9-12)14(17)15-21-13-5-3-4-10-20-13/h6-9,13H,3-5,10H2,1-2H3,(H,15,17)/t13-/m1/s1. The van der Waals surface area contributed by atoms with Gasteiger partial charge in [0, 0.05) is 32.7 Å². The molecule has 0 spiro atoms. The minimum Gasteiger partial charge on any atom is -0.350 e. The van der Waals surface area contributed by atoms with E-state index < -0.39 is 22.2 Å². The van der Waals surface area contributed by atoms with Crippen molar-refractivity contribution in [1.29, 1.82) is 0 Å². The molecule has 1 saturated heterocycles. The van der Waals surface area contributed by atoms with Gasteiger partial charge in [0.25, 0.3) is 5.91 Å². The molecule has 7 nitrogen and oxygen atoms in total. The molecule has 2 rings (SSSR count). The van der Waals surface area contributed by atoms with Crippen LogP contribution in [-0.4, -0.2) is 45.6 Å². The van der Waals surface area contributed by atoms with Gasteiger partial charge in [0.2, 0.25) is 10.0 Å². The van der Waals surface area contributed by atoms with E-state index in [9.17, 15) is 13.2 Å². The lowest BCUT2D eigenvalue weighted by molar-refractivity contribution is -0.186. The first-order chi connectivity index (χ1) is 10.4. The van der Waals surface area contributed by atoms with Gasteiger partial charge in [-0.3, -0.25) is 4.79 Å². The van der Waals surface area contributed by atoms with Crippen molar-refractivity contribution in [2.45, 2.75) is 30.4 Å². The topological polar surface area (TPSA) is 84.9 Å². The normalized spacial score (nSPS) is 19.1. The number of benzene rings is 1. The summed E-state index contributed by atoms with van der Waals surface area (Å²) in [5.41, 5.74) is 2.64. The monoisotopic (exact) mass is 328 g/mol. The van der Waals surface area contributed by atoms with Crippen molar-refractivity contribution in [1.82, 2.24) is 9.79 Å². The number of carbonyl (C=O) groups excluding carboxylic acids is 1. The highest BCUT2D eigenvalue weighted by Gasteiger charge is 2.19. The van der Waals surface area contributed by atoms with Crippen molar-refractivity contribution in [3.8, 4) is 0 Å². The van der Waals surface area contributed by atoms with Crippen LogP contribution in [0, 0.1) is 0 Å². The maximum atomic E-state index is 11.9. The average Bonchev–Trinajstić information content (AvgIpc) is 2.53. The number of carbonyl (C=O) groups is 1. The van der Waals surface area contributed by atoms with Crippen LogP contribution in [0.25, 0.3) is 0 Å². The van der Waals surface area contributed by atoms with Crippen molar-refractivity contribution in [2.24, 2.45) is 0 Å². The molecule has 1 aliphatic heterocycles. The van der Waals surface area contributed by atoms with E-state index in [1.54, 1.807) is 0 Å². The quantitative estimate of drug-likeness (QED) is 0.819. The molecule has 0 radical (unpaired) electrons. The van der Waals surface area contributed by atoms with Crippen LogP contribution in [0.2, 0.25) is 0 Å². The SMILES string of the molecule is CN(C)S(=O)(=O)c1ccc(C(=O)NO[C@@H]2CCCCO2)cc1. The second-order valence-electron chi connectivity index (χ2n) is 5.16. The largest absolute Gasteiger partial charge is 0.350 e. The Hall–Kier alpha value is -1.48. The Morgan fingerprint density at radius 1 is 1.27 bits per heavy atom. The molecular formula is C14H20N2O5S. The van der Waals surface area contributed by atoms with E-state index in [0.717, 1.165) is 23.6 Å². The van der Waals surface area contributed by atoms with Crippen LogP contribution in [0.15, 0.2) is 29.2 Å². The maximum Gasteiger partial charge on any atom is 0.274 e. The van der Waals surface area contributed by atoms with Gasteiger partial charge in [0.1, 0.15) is 0 Å². The minimum atomic E-state index is -3.50. The minimum absolute atomic E-state index is 0.130. The van der Waals surface area contributed by atoms with E-state index in [4.69, 9.17) is 9.57 Å². The number of hydrogen-bond acceptors (Lipinski definition) is 5. The number of rotatable bonds is 5. The first-order valence-electron chi connectivity index (χ1n) is 7.01. The van der Waals surface area contributed by atoms with Gasteiger partial charge in [-0.2, -0.15) is 0 Å². The van der Waals surface area contributed by atoms with Crippen LogP contribution < -0.4 is 5.48 Å². The van der Waals surface area contributed by atoms with Crippen molar-refractivity contribution in [3.05, 3.63) is 29.8 Å². The second-order valence-corrected chi connectivity index (χ2v) is 7.31. The van der Waals surface area contributed by atoms with Crippen LogP contribution in [0.5, 0.6) is 0 Å². The molecule has 0 bridgehead atoms. The first-order valence-corrected chi connectivity index (χ1v) is 8.45. The second kappa shape index (κ2) is 7.19. The van der Waals surface area contributed by atoms with Gasteiger partial charge in [0.15, 0.2) is 6.29 Å². The summed E-state index contributed by atoms with van der Waals surface area (Å²) in [7, 11) is -0.594. The fraction of sp³-hybridized carbons (Fsp3) is 0.500. The zero-order chi connectivity index (χ0) is 16.2. The summed E-state index contributed by atoms with van der Waals surface area (Å²) in [6, 6.07) is 5.66. The zero-order valence-electron chi connectivity index (χ0n) is 12.6. The fourth-order valence-corrected chi connectivity index (χ4v) is 2.87. The van der Waals surface area contributed by atoms with Gasteiger partial charge in [-0.15, -0.1) is 0 Å².